The van der Waals surface area contributed by atoms with Crippen LogP contribution in [0.4, 0.5) is 0 Å². The van der Waals surface area contributed by atoms with E-state index in [1.807, 2.05) is 12.1 Å². The van der Waals surface area contributed by atoms with Crippen molar-refractivity contribution < 1.29 is 4.74 Å². The summed E-state index contributed by atoms with van der Waals surface area (Å²) >= 11 is 0. The number of nitrogens with zero attached hydrogens (tertiary/aromatic N) is 3. The lowest BCUT2D eigenvalue weighted by molar-refractivity contribution is 0.436. The van der Waals surface area contributed by atoms with E-state index in [1.165, 1.54) is 27.6 Å². The Morgan fingerprint density at radius 1 is 0.475 bits per heavy atom. The normalized spacial score (nSPS) is 13.2. The Hall–Kier alpha value is -8.26. The summed E-state index contributed by atoms with van der Waals surface area (Å²) in [6, 6.07) is 73.6. The van der Waals surface area contributed by atoms with Crippen molar-refractivity contribution in [3.05, 3.63) is 228 Å². The number of aromatic nitrogens is 2. The number of ether oxygens (including phenoxy) is 1. The third kappa shape index (κ3) is 4.60. The molecule has 1 spiro atoms. The monoisotopic (exact) mass is 775 g/mol. The van der Waals surface area contributed by atoms with Crippen LogP contribution in [0.3, 0.4) is 0 Å². The summed E-state index contributed by atoms with van der Waals surface area (Å²) in [4.78, 5) is 5.44. The van der Waals surface area contributed by atoms with Crippen molar-refractivity contribution in [3.63, 3.8) is 0 Å². The summed E-state index contributed by atoms with van der Waals surface area (Å²) in [5.41, 5.74) is 15.9. The van der Waals surface area contributed by atoms with Crippen molar-refractivity contribution >= 4 is 43.5 Å². The topological polar surface area (TPSA) is 50.8 Å². The maximum atomic E-state index is 9.68. The largest absolute Gasteiger partial charge is 0.457 e. The van der Waals surface area contributed by atoms with Crippen molar-refractivity contribution in [1.82, 2.24) is 9.55 Å². The zero-order chi connectivity index (χ0) is 40.2. The first-order chi connectivity index (χ1) is 30.2. The molecule has 13 rings (SSSR count). The number of benzene rings is 9. The second-order valence-corrected chi connectivity index (χ2v) is 16.1. The van der Waals surface area contributed by atoms with Gasteiger partial charge >= 0.3 is 0 Å². The Labute approximate surface area is 351 Å². The van der Waals surface area contributed by atoms with Crippen molar-refractivity contribution in [3.8, 4) is 56.8 Å². The van der Waals surface area contributed by atoms with Crippen molar-refractivity contribution in [1.29, 1.82) is 5.26 Å². The molecule has 0 unspecified atom stereocenters. The second-order valence-electron chi connectivity index (χ2n) is 16.1. The van der Waals surface area contributed by atoms with E-state index in [1.54, 1.807) is 0 Å². The minimum absolute atomic E-state index is 0.579. The van der Waals surface area contributed by atoms with Crippen LogP contribution in [0, 0.1) is 11.3 Å². The molecule has 282 valence electrons. The van der Waals surface area contributed by atoms with Gasteiger partial charge in [-0.2, -0.15) is 5.26 Å². The molecule has 0 saturated carbocycles. The molecule has 2 aliphatic rings. The van der Waals surface area contributed by atoms with Crippen LogP contribution in [-0.2, 0) is 5.41 Å². The van der Waals surface area contributed by atoms with Crippen LogP contribution < -0.4 is 4.74 Å². The summed E-state index contributed by atoms with van der Waals surface area (Å²) < 4.78 is 8.95. The van der Waals surface area contributed by atoms with E-state index in [0.29, 0.717) is 5.56 Å². The molecule has 0 fully saturated rings. The van der Waals surface area contributed by atoms with Gasteiger partial charge in [0.15, 0.2) is 0 Å². The third-order valence-corrected chi connectivity index (χ3v) is 13.1. The average molecular weight is 776 g/mol. The van der Waals surface area contributed by atoms with Gasteiger partial charge in [0.05, 0.1) is 39.3 Å². The second kappa shape index (κ2) is 12.6. The van der Waals surface area contributed by atoms with Crippen LogP contribution in [0.25, 0.3) is 82.7 Å². The molecular formula is C57H33N3O. The fourth-order valence-corrected chi connectivity index (χ4v) is 10.6. The molecule has 3 heterocycles. The van der Waals surface area contributed by atoms with E-state index in [9.17, 15) is 5.26 Å². The van der Waals surface area contributed by atoms with E-state index < -0.39 is 5.41 Å². The Morgan fingerprint density at radius 3 is 1.93 bits per heavy atom. The summed E-state index contributed by atoms with van der Waals surface area (Å²) in [5.74, 6) is 1.76. The maximum Gasteiger partial charge on any atom is 0.132 e. The summed E-state index contributed by atoms with van der Waals surface area (Å²) in [6.45, 7) is 0. The zero-order valence-electron chi connectivity index (χ0n) is 32.8. The molecule has 9 aromatic carbocycles. The van der Waals surface area contributed by atoms with Crippen LogP contribution in [-0.4, -0.2) is 9.55 Å². The number of para-hydroxylation sites is 3. The molecule has 1 aliphatic heterocycles. The highest BCUT2D eigenvalue weighted by molar-refractivity contribution is 6.20. The highest BCUT2D eigenvalue weighted by Crippen LogP contribution is 2.63. The molecule has 0 N–H and O–H groups in total. The molecule has 61 heavy (non-hydrogen) atoms. The minimum Gasteiger partial charge on any atom is -0.457 e. The first kappa shape index (κ1) is 33.7. The average Bonchev–Trinajstić information content (AvgIpc) is 3.82. The first-order valence-corrected chi connectivity index (χ1v) is 20.7. The quantitative estimate of drug-likeness (QED) is 0.168. The van der Waals surface area contributed by atoms with Gasteiger partial charge < -0.3 is 9.30 Å². The molecular weight excluding hydrogens is 743 g/mol. The molecule has 0 amide bonds. The number of rotatable bonds is 3. The lowest BCUT2D eigenvalue weighted by Crippen LogP contribution is -2.32. The van der Waals surface area contributed by atoms with Crippen molar-refractivity contribution in [2.24, 2.45) is 0 Å². The minimum atomic E-state index is -0.579. The number of pyridine rings is 1. The molecule has 0 bridgehead atoms. The van der Waals surface area contributed by atoms with Gasteiger partial charge in [0.2, 0.25) is 0 Å². The van der Waals surface area contributed by atoms with Gasteiger partial charge in [-0.1, -0.05) is 140 Å². The Bertz CT molecular complexity index is 3640. The predicted molar refractivity (Wildman–Crippen MR) is 247 cm³/mol. The Morgan fingerprint density at radius 2 is 1.15 bits per heavy atom. The summed E-state index contributed by atoms with van der Waals surface area (Å²) in [6.07, 6.45) is 0. The molecule has 0 atom stereocenters. The highest BCUT2D eigenvalue weighted by Gasteiger charge is 2.51. The fraction of sp³-hybridized carbons (Fsp3) is 0.0175. The summed E-state index contributed by atoms with van der Waals surface area (Å²) in [7, 11) is 0. The van der Waals surface area contributed by atoms with Crippen LogP contribution in [0.5, 0.6) is 11.5 Å². The molecule has 1 aliphatic carbocycles. The Balaban J connectivity index is 1.07. The zero-order valence-corrected chi connectivity index (χ0v) is 32.8. The standard InChI is InChI=1S/C57H33N3O/c58-34-35-22-31-51-43(32-35)40-14-5-9-19-50(40)60(51)39-26-23-36(24-27-39)38-25-30-49-44(33-38)54-42(56(59-49)37-12-2-1-3-13-37)28-29-48-55(54)41-15-4-6-16-45(41)57(48)46-17-7-10-20-52(46)61-53-21-11-8-18-47(53)57/h1-33H. The Kier molecular flexibility index (Phi) is 6.97. The first-order valence-electron chi connectivity index (χ1n) is 20.7. The van der Waals surface area contributed by atoms with Crippen LogP contribution >= 0.6 is 0 Å². The van der Waals surface area contributed by atoms with Gasteiger partial charge in [0, 0.05) is 49.3 Å². The molecule has 4 nitrogen and oxygen atoms in total. The summed E-state index contributed by atoms with van der Waals surface area (Å²) in [5, 5.41) is 15.3. The number of fused-ring (bicyclic) bond motifs is 16. The molecule has 2 aromatic heterocycles. The van der Waals surface area contributed by atoms with Gasteiger partial charge in [-0.15, -0.1) is 0 Å². The number of hydrogen-bond acceptors (Lipinski definition) is 3. The maximum absolute atomic E-state index is 9.68. The molecule has 0 radical (unpaired) electrons. The van der Waals surface area contributed by atoms with Gasteiger partial charge in [-0.05, 0) is 94.0 Å². The molecule has 11 aromatic rings. The van der Waals surface area contributed by atoms with Crippen molar-refractivity contribution in [2.75, 3.05) is 0 Å². The predicted octanol–water partition coefficient (Wildman–Crippen LogP) is 14.2. The van der Waals surface area contributed by atoms with Gasteiger partial charge in [0.25, 0.3) is 0 Å². The van der Waals surface area contributed by atoms with Crippen molar-refractivity contribution in [2.45, 2.75) is 5.41 Å². The van der Waals surface area contributed by atoms with E-state index in [-0.39, 0.29) is 0 Å². The van der Waals surface area contributed by atoms with Gasteiger partial charge in [-0.25, -0.2) is 4.98 Å². The smallest absolute Gasteiger partial charge is 0.132 e. The van der Waals surface area contributed by atoms with Crippen LogP contribution in [0.15, 0.2) is 200 Å². The van der Waals surface area contributed by atoms with Crippen LogP contribution in [0.2, 0.25) is 0 Å². The van der Waals surface area contributed by atoms with E-state index >= 15 is 0 Å². The number of nitriles is 1. The van der Waals surface area contributed by atoms with E-state index in [4.69, 9.17) is 9.72 Å². The van der Waals surface area contributed by atoms with E-state index in [2.05, 4.69) is 199 Å². The highest BCUT2D eigenvalue weighted by atomic mass is 16.5. The van der Waals surface area contributed by atoms with Gasteiger partial charge in [0.1, 0.15) is 11.5 Å². The molecule has 4 heteroatoms. The lowest BCUT2D eigenvalue weighted by atomic mass is 9.66. The third-order valence-electron chi connectivity index (χ3n) is 13.1. The van der Waals surface area contributed by atoms with E-state index in [0.717, 1.165) is 88.8 Å². The molecule has 0 saturated heterocycles. The van der Waals surface area contributed by atoms with Crippen LogP contribution in [0.1, 0.15) is 27.8 Å². The number of hydrogen-bond donors (Lipinski definition) is 0. The van der Waals surface area contributed by atoms with Gasteiger partial charge in [-0.3, -0.25) is 0 Å². The lowest BCUT2D eigenvalue weighted by Gasteiger charge is -2.39. The fourth-order valence-electron chi connectivity index (χ4n) is 10.6. The SMILES string of the molecule is N#Cc1ccc2c(c1)c1ccccc1n2-c1ccc(-c2ccc3nc(-c4ccccc4)c4ccc5c(c4c3c2)-c2ccccc2C52c3ccccc3Oc3ccccc32)cc1.